The molecule has 4 nitrogen and oxygen atoms in total. The van der Waals surface area contributed by atoms with Gasteiger partial charge in [-0.2, -0.15) is 0 Å². The summed E-state index contributed by atoms with van der Waals surface area (Å²) in [7, 11) is 3.45. The van der Waals surface area contributed by atoms with E-state index in [2.05, 4.69) is 10.6 Å². The Morgan fingerprint density at radius 2 is 2.08 bits per heavy atom. The van der Waals surface area contributed by atoms with E-state index in [1.165, 1.54) is 4.90 Å². The SMILES string of the molecule is C/C=C/CNCCNC(=O)N(C)C. The highest BCUT2D eigenvalue weighted by atomic mass is 16.2. The Morgan fingerprint density at radius 3 is 2.62 bits per heavy atom. The Balaban J connectivity index is 3.21. The number of rotatable bonds is 5. The van der Waals surface area contributed by atoms with Crippen LogP contribution in [0.25, 0.3) is 0 Å². The molecule has 0 aliphatic rings. The fourth-order valence-corrected chi connectivity index (χ4v) is 0.719. The molecule has 0 radical (unpaired) electrons. The summed E-state index contributed by atoms with van der Waals surface area (Å²) in [4.78, 5) is 12.5. The second-order valence-corrected chi connectivity index (χ2v) is 2.90. The molecule has 0 atom stereocenters. The maximum atomic E-state index is 11.0. The third kappa shape index (κ3) is 7.33. The minimum atomic E-state index is -0.0483. The topological polar surface area (TPSA) is 44.4 Å². The molecule has 0 rings (SSSR count). The Labute approximate surface area is 80.0 Å². The van der Waals surface area contributed by atoms with Crippen LogP contribution in [0.5, 0.6) is 0 Å². The minimum absolute atomic E-state index is 0.0483. The number of nitrogens with one attached hydrogen (secondary N) is 2. The number of hydrogen-bond acceptors (Lipinski definition) is 2. The Morgan fingerprint density at radius 1 is 1.38 bits per heavy atom. The maximum Gasteiger partial charge on any atom is 0.316 e. The van der Waals surface area contributed by atoms with Crippen molar-refractivity contribution in [1.82, 2.24) is 15.5 Å². The van der Waals surface area contributed by atoms with Crippen molar-refractivity contribution in [2.45, 2.75) is 6.92 Å². The number of carbonyl (C=O) groups is 1. The number of carbonyl (C=O) groups excluding carboxylic acids is 1. The summed E-state index contributed by atoms with van der Waals surface area (Å²) < 4.78 is 0. The highest BCUT2D eigenvalue weighted by Crippen LogP contribution is 1.74. The van der Waals surface area contributed by atoms with Crippen molar-refractivity contribution in [1.29, 1.82) is 0 Å². The smallest absolute Gasteiger partial charge is 0.316 e. The molecule has 2 amide bonds. The normalized spacial score (nSPS) is 10.4. The van der Waals surface area contributed by atoms with E-state index in [0.717, 1.165) is 13.1 Å². The van der Waals surface area contributed by atoms with Gasteiger partial charge in [0.15, 0.2) is 0 Å². The van der Waals surface area contributed by atoms with E-state index < -0.39 is 0 Å². The number of urea groups is 1. The molecular formula is C9H19N3O. The average molecular weight is 185 g/mol. The minimum Gasteiger partial charge on any atom is -0.337 e. The molecule has 0 aliphatic carbocycles. The summed E-state index contributed by atoms with van der Waals surface area (Å²) in [6, 6.07) is -0.0483. The first-order chi connectivity index (χ1) is 6.18. The number of hydrogen-bond donors (Lipinski definition) is 2. The van der Waals surface area contributed by atoms with Gasteiger partial charge in [0.05, 0.1) is 0 Å². The summed E-state index contributed by atoms with van der Waals surface area (Å²) in [6.45, 7) is 4.29. The fraction of sp³-hybridized carbons (Fsp3) is 0.667. The van der Waals surface area contributed by atoms with Crippen LogP contribution in [0, 0.1) is 0 Å². The van der Waals surface area contributed by atoms with Gasteiger partial charge in [0.25, 0.3) is 0 Å². The maximum absolute atomic E-state index is 11.0. The molecule has 13 heavy (non-hydrogen) atoms. The molecule has 0 aromatic rings. The lowest BCUT2D eigenvalue weighted by Crippen LogP contribution is -2.38. The molecule has 0 heterocycles. The van der Waals surface area contributed by atoms with Gasteiger partial charge in [0, 0.05) is 33.7 Å². The summed E-state index contributed by atoms with van der Waals surface area (Å²) in [6.07, 6.45) is 4.03. The van der Waals surface area contributed by atoms with Crippen LogP contribution in [-0.2, 0) is 0 Å². The lowest BCUT2D eigenvalue weighted by Gasteiger charge is -2.11. The molecule has 0 spiro atoms. The van der Waals surface area contributed by atoms with Crippen LogP contribution in [0.2, 0.25) is 0 Å². The quantitative estimate of drug-likeness (QED) is 0.482. The van der Waals surface area contributed by atoms with E-state index in [-0.39, 0.29) is 6.03 Å². The molecule has 0 aliphatic heterocycles. The van der Waals surface area contributed by atoms with E-state index in [9.17, 15) is 4.79 Å². The van der Waals surface area contributed by atoms with Crippen molar-refractivity contribution in [3.05, 3.63) is 12.2 Å². The Hall–Kier alpha value is -1.03. The molecule has 76 valence electrons. The van der Waals surface area contributed by atoms with Crippen molar-refractivity contribution >= 4 is 6.03 Å². The Kier molecular flexibility index (Phi) is 7.01. The number of allylic oxidation sites excluding steroid dienone is 1. The third-order valence-electron chi connectivity index (χ3n) is 1.48. The van der Waals surface area contributed by atoms with Gasteiger partial charge in [-0.3, -0.25) is 0 Å². The van der Waals surface area contributed by atoms with E-state index in [1.54, 1.807) is 14.1 Å². The van der Waals surface area contributed by atoms with Crippen molar-refractivity contribution in [2.24, 2.45) is 0 Å². The average Bonchev–Trinajstić information content (AvgIpc) is 2.10. The summed E-state index contributed by atoms with van der Waals surface area (Å²) in [5, 5.41) is 5.92. The first-order valence-corrected chi connectivity index (χ1v) is 4.45. The standard InChI is InChI=1S/C9H19N3O/c1-4-5-6-10-7-8-11-9(13)12(2)3/h4-5,10H,6-8H2,1-3H3,(H,11,13)/b5-4+. The monoisotopic (exact) mass is 185 g/mol. The zero-order valence-corrected chi connectivity index (χ0v) is 8.63. The van der Waals surface area contributed by atoms with Gasteiger partial charge >= 0.3 is 6.03 Å². The first-order valence-electron chi connectivity index (χ1n) is 4.45. The molecule has 0 aromatic heterocycles. The first kappa shape index (κ1) is 12.0. The van der Waals surface area contributed by atoms with Crippen LogP contribution in [0.15, 0.2) is 12.2 Å². The van der Waals surface area contributed by atoms with Crippen LogP contribution >= 0.6 is 0 Å². The fourth-order valence-electron chi connectivity index (χ4n) is 0.719. The summed E-state index contributed by atoms with van der Waals surface area (Å²) >= 11 is 0. The second-order valence-electron chi connectivity index (χ2n) is 2.90. The highest BCUT2D eigenvalue weighted by molar-refractivity contribution is 5.73. The van der Waals surface area contributed by atoms with Gasteiger partial charge in [0.1, 0.15) is 0 Å². The van der Waals surface area contributed by atoms with E-state index >= 15 is 0 Å². The van der Waals surface area contributed by atoms with Crippen molar-refractivity contribution in [3.8, 4) is 0 Å². The predicted octanol–water partition coefficient (Wildman–Crippen LogP) is 0.423. The number of nitrogens with zero attached hydrogens (tertiary/aromatic N) is 1. The van der Waals surface area contributed by atoms with E-state index in [0.29, 0.717) is 6.54 Å². The van der Waals surface area contributed by atoms with Gasteiger partial charge in [-0.25, -0.2) is 4.79 Å². The molecule has 0 fully saturated rings. The molecule has 0 bridgehead atoms. The molecule has 2 N–H and O–H groups in total. The van der Waals surface area contributed by atoms with Crippen LogP contribution in [0.3, 0.4) is 0 Å². The zero-order valence-electron chi connectivity index (χ0n) is 8.63. The van der Waals surface area contributed by atoms with Crippen molar-refractivity contribution < 1.29 is 4.79 Å². The lowest BCUT2D eigenvalue weighted by molar-refractivity contribution is 0.217. The van der Waals surface area contributed by atoms with Crippen molar-refractivity contribution in [3.63, 3.8) is 0 Å². The van der Waals surface area contributed by atoms with Gasteiger partial charge in [-0.1, -0.05) is 12.2 Å². The van der Waals surface area contributed by atoms with E-state index in [1.807, 2.05) is 19.1 Å². The highest BCUT2D eigenvalue weighted by Gasteiger charge is 1.99. The predicted molar refractivity (Wildman–Crippen MR) is 54.8 cm³/mol. The largest absolute Gasteiger partial charge is 0.337 e. The van der Waals surface area contributed by atoms with Gasteiger partial charge in [-0.05, 0) is 6.92 Å². The molecule has 0 aromatic carbocycles. The Bertz CT molecular complexity index is 166. The van der Waals surface area contributed by atoms with Gasteiger partial charge < -0.3 is 15.5 Å². The third-order valence-corrected chi connectivity index (χ3v) is 1.48. The second kappa shape index (κ2) is 7.61. The summed E-state index contributed by atoms with van der Waals surface area (Å²) in [5.74, 6) is 0. The van der Waals surface area contributed by atoms with Crippen LogP contribution < -0.4 is 10.6 Å². The van der Waals surface area contributed by atoms with Crippen LogP contribution in [0.1, 0.15) is 6.92 Å². The van der Waals surface area contributed by atoms with Crippen LogP contribution in [0.4, 0.5) is 4.79 Å². The molecular weight excluding hydrogens is 166 g/mol. The van der Waals surface area contributed by atoms with Gasteiger partial charge in [-0.15, -0.1) is 0 Å². The van der Waals surface area contributed by atoms with E-state index in [4.69, 9.17) is 0 Å². The molecule has 0 saturated heterocycles. The molecule has 0 saturated carbocycles. The van der Waals surface area contributed by atoms with Crippen LogP contribution in [-0.4, -0.2) is 44.7 Å². The lowest BCUT2D eigenvalue weighted by atomic mass is 10.5. The summed E-state index contributed by atoms with van der Waals surface area (Å²) in [5.41, 5.74) is 0. The zero-order chi connectivity index (χ0) is 10.1. The molecule has 4 heteroatoms. The molecule has 0 unspecified atom stereocenters. The number of amides is 2. The van der Waals surface area contributed by atoms with Gasteiger partial charge in [0.2, 0.25) is 0 Å². The van der Waals surface area contributed by atoms with Crippen molar-refractivity contribution in [2.75, 3.05) is 33.7 Å².